The van der Waals surface area contributed by atoms with Gasteiger partial charge >= 0.3 is 0 Å². The molecule has 0 aliphatic rings. The quantitative estimate of drug-likeness (QED) is 0.593. The normalized spacial score (nSPS) is 8.07. The lowest BCUT2D eigenvalue weighted by Gasteiger charge is -2.04. The summed E-state index contributed by atoms with van der Waals surface area (Å²) < 4.78 is 0. The first-order valence-electron chi connectivity index (χ1n) is 3.92. The van der Waals surface area contributed by atoms with E-state index in [2.05, 4.69) is 9.69 Å². The van der Waals surface area contributed by atoms with Gasteiger partial charge in [-0.3, -0.25) is 0 Å². The van der Waals surface area contributed by atoms with Gasteiger partial charge in [-0.25, -0.2) is 9.69 Å². The van der Waals surface area contributed by atoms with E-state index in [0.29, 0.717) is 5.56 Å². The molecule has 0 unspecified atom stereocenters. The monoisotopic (exact) mass is 192 g/mol. The summed E-state index contributed by atoms with van der Waals surface area (Å²) in [5.41, 5.74) is 0.937. The molecule has 0 heterocycles. The number of nitrogens with zero attached hydrogens (tertiary/aromatic N) is 4. The van der Waals surface area contributed by atoms with Crippen LogP contribution in [0.5, 0.6) is 0 Å². The highest BCUT2D eigenvalue weighted by Gasteiger charge is 2.14. The molecule has 1 rings (SSSR count). The Morgan fingerprint density at radius 2 is 1.87 bits per heavy atom. The summed E-state index contributed by atoms with van der Waals surface area (Å²) in [6, 6.07) is 4.98. The first-order valence-corrected chi connectivity index (χ1v) is 3.92. The number of hydrogen-bond donors (Lipinski definition) is 0. The molecule has 0 fully saturated rings. The van der Waals surface area contributed by atoms with Gasteiger partial charge in [0.2, 0.25) is 0 Å². The Bertz CT molecular complexity index is 585. The molecule has 0 atom stereocenters. The summed E-state index contributed by atoms with van der Waals surface area (Å²) in [6.07, 6.45) is 0. The first-order chi connectivity index (χ1) is 7.19. The zero-order valence-corrected chi connectivity index (χ0v) is 7.87. The third-order valence-electron chi connectivity index (χ3n) is 1.99. The average molecular weight is 192 g/mol. The van der Waals surface area contributed by atoms with Gasteiger partial charge in [-0.1, -0.05) is 6.92 Å². The van der Waals surface area contributed by atoms with E-state index in [4.69, 9.17) is 23.7 Å². The molecule has 0 bridgehead atoms. The van der Waals surface area contributed by atoms with Crippen LogP contribution in [-0.4, -0.2) is 0 Å². The lowest BCUT2D eigenvalue weighted by molar-refractivity contribution is 1.40. The van der Waals surface area contributed by atoms with Gasteiger partial charge in [0.05, 0.1) is 30.8 Å². The van der Waals surface area contributed by atoms with Crippen LogP contribution >= 0.6 is 0 Å². The van der Waals surface area contributed by atoms with Crippen molar-refractivity contribution in [2.75, 3.05) is 0 Å². The zero-order valence-electron chi connectivity index (χ0n) is 7.87. The van der Waals surface area contributed by atoms with Gasteiger partial charge in [0.1, 0.15) is 0 Å². The fraction of sp³-hybridized carbons (Fsp3) is 0.0909. The van der Waals surface area contributed by atoms with Gasteiger partial charge in [-0.2, -0.15) is 10.5 Å². The van der Waals surface area contributed by atoms with Gasteiger partial charge in [0.25, 0.3) is 0 Å². The molecule has 0 aliphatic carbocycles. The molecule has 68 valence electrons. The van der Waals surface area contributed by atoms with E-state index >= 15 is 0 Å². The van der Waals surface area contributed by atoms with Crippen LogP contribution < -0.4 is 0 Å². The Hall–Kier alpha value is -2.82. The predicted molar refractivity (Wildman–Crippen MR) is 53.1 cm³/mol. The zero-order chi connectivity index (χ0) is 11.4. The molecule has 1 aromatic carbocycles. The molecule has 15 heavy (non-hydrogen) atoms. The molecule has 0 amide bonds. The van der Waals surface area contributed by atoms with Crippen LogP contribution in [0.2, 0.25) is 0 Å². The van der Waals surface area contributed by atoms with Crippen LogP contribution in [0.4, 0.5) is 11.4 Å². The molecular formula is C11H4N4. The molecule has 0 N–H and O–H groups in total. The largest absolute Gasteiger partial charge is 0.239 e. The second-order valence-electron chi connectivity index (χ2n) is 2.74. The standard InChI is InChI=1S/C11H4N4/c1-7-10(14-2)4-8(5-12)9(6-13)11(7)15-3/h4H,1H3. The minimum Gasteiger partial charge on any atom is -0.239 e. The molecule has 0 aromatic heterocycles. The molecule has 4 heteroatoms. The number of nitriles is 2. The van der Waals surface area contributed by atoms with E-state index in [-0.39, 0.29) is 22.5 Å². The van der Waals surface area contributed by atoms with E-state index in [1.807, 2.05) is 12.1 Å². The third-order valence-corrected chi connectivity index (χ3v) is 1.99. The van der Waals surface area contributed by atoms with Gasteiger partial charge in [-0.05, 0) is 11.6 Å². The Morgan fingerprint density at radius 3 is 2.27 bits per heavy atom. The maximum absolute atomic E-state index is 8.83. The van der Waals surface area contributed by atoms with Gasteiger partial charge < -0.3 is 0 Å². The van der Waals surface area contributed by atoms with Crippen LogP contribution in [0.15, 0.2) is 6.07 Å². The van der Waals surface area contributed by atoms with Crippen molar-refractivity contribution in [3.8, 4) is 12.1 Å². The minimum absolute atomic E-state index is 0.0531. The maximum Gasteiger partial charge on any atom is 0.198 e. The summed E-state index contributed by atoms with van der Waals surface area (Å²) in [6.45, 7) is 15.4. The van der Waals surface area contributed by atoms with E-state index < -0.39 is 0 Å². The summed E-state index contributed by atoms with van der Waals surface area (Å²) in [4.78, 5) is 6.40. The average Bonchev–Trinajstić information content (AvgIpc) is 2.28. The topological polar surface area (TPSA) is 56.3 Å². The Balaban J connectivity index is 3.82. The van der Waals surface area contributed by atoms with Crippen molar-refractivity contribution in [1.29, 1.82) is 10.5 Å². The second-order valence-corrected chi connectivity index (χ2v) is 2.74. The molecule has 0 radical (unpaired) electrons. The van der Waals surface area contributed by atoms with Gasteiger partial charge in [0, 0.05) is 5.56 Å². The smallest absolute Gasteiger partial charge is 0.198 e. The molecular weight excluding hydrogens is 188 g/mol. The van der Waals surface area contributed by atoms with Gasteiger partial charge in [0.15, 0.2) is 11.4 Å². The molecule has 0 spiro atoms. The van der Waals surface area contributed by atoms with E-state index in [1.54, 1.807) is 6.92 Å². The molecule has 0 saturated carbocycles. The van der Waals surface area contributed by atoms with Crippen LogP contribution in [0, 0.1) is 42.7 Å². The predicted octanol–water partition coefficient (Wildman–Crippen LogP) is 2.84. The van der Waals surface area contributed by atoms with Crippen molar-refractivity contribution in [2.24, 2.45) is 0 Å². The molecule has 0 aliphatic heterocycles. The number of hydrogen-bond acceptors (Lipinski definition) is 2. The van der Waals surface area contributed by atoms with E-state index in [9.17, 15) is 0 Å². The fourth-order valence-electron chi connectivity index (χ4n) is 1.21. The third kappa shape index (κ3) is 1.49. The molecule has 4 nitrogen and oxygen atoms in total. The van der Waals surface area contributed by atoms with Crippen LogP contribution in [0.25, 0.3) is 9.69 Å². The Kier molecular flexibility index (Phi) is 2.69. The van der Waals surface area contributed by atoms with Crippen LogP contribution in [0.3, 0.4) is 0 Å². The Labute approximate surface area is 87.2 Å². The van der Waals surface area contributed by atoms with Crippen molar-refractivity contribution >= 4 is 11.4 Å². The minimum atomic E-state index is 0.0531. The summed E-state index contributed by atoms with van der Waals surface area (Å²) in [5.74, 6) is 0. The van der Waals surface area contributed by atoms with E-state index in [0.717, 1.165) is 0 Å². The molecule has 1 aromatic rings. The van der Waals surface area contributed by atoms with Gasteiger partial charge in [-0.15, -0.1) is 0 Å². The summed E-state index contributed by atoms with van der Waals surface area (Å²) in [7, 11) is 0. The summed E-state index contributed by atoms with van der Waals surface area (Å²) in [5, 5.41) is 17.6. The number of rotatable bonds is 0. The van der Waals surface area contributed by atoms with Crippen molar-refractivity contribution in [3.05, 3.63) is 45.6 Å². The highest BCUT2D eigenvalue weighted by molar-refractivity contribution is 5.77. The second kappa shape index (κ2) is 3.93. The van der Waals surface area contributed by atoms with E-state index in [1.165, 1.54) is 6.07 Å². The summed E-state index contributed by atoms with van der Waals surface area (Å²) >= 11 is 0. The lowest BCUT2D eigenvalue weighted by Crippen LogP contribution is -1.87. The molecule has 0 saturated heterocycles. The Morgan fingerprint density at radius 1 is 1.20 bits per heavy atom. The fourth-order valence-corrected chi connectivity index (χ4v) is 1.21. The van der Waals surface area contributed by atoms with Crippen LogP contribution in [-0.2, 0) is 0 Å². The SMILES string of the molecule is [C-]#[N+]c1cc(C#N)c(C#N)c([N+]#[C-])c1C. The highest BCUT2D eigenvalue weighted by Crippen LogP contribution is 2.34. The lowest BCUT2D eigenvalue weighted by atomic mass is 10.0. The first kappa shape index (κ1) is 10.3. The van der Waals surface area contributed by atoms with Crippen LogP contribution in [0.1, 0.15) is 16.7 Å². The van der Waals surface area contributed by atoms with Crippen molar-refractivity contribution in [2.45, 2.75) is 6.92 Å². The van der Waals surface area contributed by atoms with Crippen molar-refractivity contribution < 1.29 is 0 Å². The number of benzene rings is 1. The highest BCUT2D eigenvalue weighted by atomic mass is 14.7. The van der Waals surface area contributed by atoms with Crippen molar-refractivity contribution in [3.63, 3.8) is 0 Å². The maximum atomic E-state index is 8.83. The van der Waals surface area contributed by atoms with Crippen molar-refractivity contribution in [1.82, 2.24) is 0 Å².